The summed E-state index contributed by atoms with van der Waals surface area (Å²) in [4.78, 5) is 24.5. The number of halogens is 3. The van der Waals surface area contributed by atoms with E-state index in [4.69, 9.17) is 0 Å². The third kappa shape index (κ3) is 1.69. The van der Waals surface area contributed by atoms with Gasteiger partial charge in [-0.25, -0.2) is 0 Å². The van der Waals surface area contributed by atoms with Crippen molar-refractivity contribution in [3.05, 3.63) is 35.5 Å². The highest BCUT2D eigenvalue weighted by Crippen LogP contribution is 2.40. The number of alkyl halides is 3. The Bertz CT molecular complexity index is 634. The quantitative estimate of drug-likeness (QED) is 0.784. The average Bonchev–Trinajstić information content (AvgIpc) is 2.71. The number of amides is 2. The molecule has 2 amide bonds. The topological polar surface area (TPSA) is 49.4 Å². The lowest BCUT2D eigenvalue weighted by molar-refractivity contribution is -0.137. The van der Waals surface area contributed by atoms with Crippen LogP contribution in [0.2, 0.25) is 0 Å². The van der Waals surface area contributed by atoms with E-state index in [9.17, 15) is 22.8 Å². The summed E-state index contributed by atoms with van der Waals surface area (Å²) in [5.41, 5.74) is -0.448. The van der Waals surface area contributed by atoms with Crippen molar-refractivity contribution < 1.29 is 22.8 Å². The maximum absolute atomic E-state index is 12.6. The van der Waals surface area contributed by atoms with Crippen LogP contribution >= 0.6 is 0 Å². The fourth-order valence-corrected chi connectivity index (χ4v) is 2.15. The Balaban J connectivity index is 2.13. The van der Waals surface area contributed by atoms with Gasteiger partial charge in [-0.2, -0.15) is 13.2 Å². The molecule has 0 aromatic heterocycles. The van der Waals surface area contributed by atoms with Gasteiger partial charge in [0.1, 0.15) is 5.70 Å². The van der Waals surface area contributed by atoms with Crippen LogP contribution in [0.3, 0.4) is 0 Å². The first-order valence-electron chi connectivity index (χ1n) is 5.43. The van der Waals surface area contributed by atoms with Crippen LogP contribution in [0.25, 0.3) is 0 Å². The van der Waals surface area contributed by atoms with Crippen molar-refractivity contribution in [3.63, 3.8) is 0 Å². The lowest BCUT2D eigenvalue weighted by Crippen LogP contribution is -2.36. The predicted molar refractivity (Wildman–Crippen MR) is 60.3 cm³/mol. The van der Waals surface area contributed by atoms with Gasteiger partial charge in [-0.3, -0.25) is 14.5 Å². The Hall–Kier alpha value is -2.31. The molecule has 3 rings (SSSR count). The van der Waals surface area contributed by atoms with Crippen molar-refractivity contribution in [2.24, 2.45) is 0 Å². The van der Waals surface area contributed by atoms with Crippen LogP contribution in [-0.4, -0.2) is 11.8 Å². The number of benzene rings is 1. The summed E-state index contributed by atoms with van der Waals surface area (Å²) in [6.45, 7) is 0. The van der Waals surface area contributed by atoms with E-state index in [0.717, 1.165) is 17.0 Å². The maximum Gasteiger partial charge on any atom is 0.416 e. The molecular weight excluding hydrogens is 261 g/mol. The minimum absolute atomic E-state index is 0.00720. The van der Waals surface area contributed by atoms with Crippen molar-refractivity contribution in [3.8, 4) is 0 Å². The fourth-order valence-electron chi connectivity index (χ4n) is 2.15. The van der Waals surface area contributed by atoms with Crippen LogP contribution in [0.4, 0.5) is 24.5 Å². The highest BCUT2D eigenvalue weighted by atomic mass is 19.4. The maximum atomic E-state index is 12.6. The molecule has 2 aliphatic rings. The van der Waals surface area contributed by atoms with Crippen molar-refractivity contribution in [1.29, 1.82) is 0 Å². The van der Waals surface area contributed by atoms with Crippen LogP contribution in [0.15, 0.2) is 30.0 Å². The van der Waals surface area contributed by atoms with Crippen LogP contribution in [0, 0.1) is 0 Å². The molecule has 1 aromatic carbocycles. The Morgan fingerprint density at radius 3 is 2.63 bits per heavy atom. The lowest BCUT2D eigenvalue weighted by atomic mass is 10.1. The molecule has 0 bridgehead atoms. The van der Waals surface area contributed by atoms with Crippen LogP contribution < -0.4 is 10.2 Å². The van der Waals surface area contributed by atoms with Gasteiger partial charge in [-0.1, -0.05) is 0 Å². The summed E-state index contributed by atoms with van der Waals surface area (Å²) >= 11 is 0. The van der Waals surface area contributed by atoms with Crippen LogP contribution in [-0.2, 0) is 15.8 Å². The highest BCUT2D eigenvalue weighted by Gasteiger charge is 2.38. The number of anilines is 2. The van der Waals surface area contributed by atoms with Gasteiger partial charge in [0.25, 0.3) is 5.91 Å². The first-order chi connectivity index (χ1) is 8.88. The van der Waals surface area contributed by atoms with Crippen molar-refractivity contribution in [1.82, 2.24) is 0 Å². The van der Waals surface area contributed by atoms with Gasteiger partial charge < -0.3 is 5.32 Å². The SMILES string of the molecule is O=C1Nc2cc(C(F)(F)F)ccc2N2C(=O)CC=C12. The monoisotopic (exact) mass is 268 g/mol. The highest BCUT2D eigenvalue weighted by molar-refractivity contribution is 6.21. The Kier molecular flexibility index (Phi) is 2.23. The van der Waals surface area contributed by atoms with Crippen LogP contribution in [0.1, 0.15) is 12.0 Å². The third-order valence-corrected chi connectivity index (χ3v) is 3.01. The van der Waals surface area contributed by atoms with E-state index in [-0.39, 0.29) is 29.4 Å². The third-order valence-electron chi connectivity index (χ3n) is 3.01. The van der Waals surface area contributed by atoms with E-state index in [1.54, 1.807) is 0 Å². The molecule has 0 atom stereocenters. The zero-order valence-electron chi connectivity index (χ0n) is 9.41. The van der Waals surface area contributed by atoms with E-state index < -0.39 is 17.6 Å². The number of carbonyl (C=O) groups is 2. The molecule has 7 heteroatoms. The van der Waals surface area contributed by atoms with Gasteiger partial charge in [0, 0.05) is 6.42 Å². The molecule has 0 fully saturated rings. The largest absolute Gasteiger partial charge is 0.416 e. The van der Waals surface area contributed by atoms with Crippen molar-refractivity contribution >= 4 is 23.2 Å². The predicted octanol–water partition coefficient (Wildman–Crippen LogP) is 2.28. The van der Waals surface area contributed by atoms with Gasteiger partial charge in [-0.05, 0) is 24.3 Å². The second-order valence-electron chi connectivity index (χ2n) is 4.21. The van der Waals surface area contributed by atoms with Gasteiger partial charge in [0.2, 0.25) is 5.91 Å². The molecule has 19 heavy (non-hydrogen) atoms. The molecule has 2 heterocycles. The zero-order valence-corrected chi connectivity index (χ0v) is 9.41. The fraction of sp³-hybridized carbons (Fsp3) is 0.167. The van der Waals surface area contributed by atoms with E-state index in [1.807, 2.05) is 0 Å². The van der Waals surface area contributed by atoms with Gasteiger partial charge >= 0.3 is 6.18 Å². The average molecular weight is 268 g/mol. The minimum atomic E-state index is -4.50. The first kappa shape index (κ1) is 11.8. The molecule has 1 aromatic rings. The molecule has 0 spiro atoms. The zero-order chi connectivity index (χ0) is 13.8. The molecule has 0 saturated heterocycles. The first-order valence-corrected chi connectivity index (χ1v) is 5.43. The standard InChI is InChI=1S/C12H7F3N2O2/c13-12(14,15)6-1-2-8-7(5-6)16-11(19)9-3-4-10(18)17(8)9/h1-3,5H,4H2,(H,16,19). The summed E-state index contributed by atoms with van der Waals surface area (Å²) in [6.07, 6.45) is -2.97. The number of nitrogens with zero attached hydrogens (tertiary/aromatic N) is 1. The molecule has 2 aliphatic heterocycles. The molecule has 4 nitrogen and oxygen atoms in total. The second-order valence-corrected chi connectivity index (χ2v) is 4.21. The molecular formula is C12H7F3N2O2. The van der Waals surface area contributed by atoms with Crippen LogP contribution in [0.5, 0.6) is 0 Å². The summed E-state index contributed by atoms with van der Waals surface area (Å²) in [5, 5.41) is 2.36. The summed E-state index contributed by atoms with van der Waals surface area (Å²) < 4.78 is 37.8. The van der Waals surface area contributed by atoms with E-state index >= 15 is 0 Å². The summed E-state index contributed by atoms with van der Waals surface area (Å²) in [7, 11) is 0. The minimum Gasteiger partial charge on any atom is -0.319 e. The van der Waals surface area contributed by atoms with E-state index in [0.29, 0.717) is 0 Å². The summed E-state index contributed by atoms with van der Waals surface area (Å²) in [6, 6.07) is 2.91. The normalized spacial score (nSPS) is 17.8. The lowest BCUT2D eigenvalue weighted by Gasteiger charge is -2.28. The summed E-state index contributed by atoms with van der Waals surface area (Å²) in [5.74, 6) is -0.900. The number of hydrogen-bond acceptors (Lipinski definition) is 2. The number of fused-ring (bicyclic) bond motifs is 3. The van der Waals surface area contributed by atoms with Crippen molar-refractivity contribution in [2.75, 3.05) is 10.2 Å². The van der Waals surface area contributed by atoms with Gasteiger partial charge in [-0.15, -0.1) is 0 Å². The smallest absolute Gasteiger partial charge is 0.319 e. The number of nitrogens with one attached hydrogen (secondary N) is 1. The van der Waals surface area contributed by atoms with Gasteiger partial charge in [0.05, 0.1) is 16.9 Å². The molecule has 1 N–H and O–H groups in total. The number of rotatable bonds is 0. The molecule has 0 aliphatic carbocycles. The Morgan fingerprint density at radius 1 is 1.21 bits per heavy atom. The molecule has 0 unspecified atom stereocenters. The Morgan fingerprint density at radius 2 is 1.95 bits per heavy atom. The Labute approximate surface area is 105 Å². The number of carbonyl (C=O) groups excluding carboxylic acids is 2. The van der Waals surface area contributed by atoms with E-state index in [1.165, 1.54) is 12.1 Å². The molecule has 0 saturated carbocycles. The van der Waals surface area contributed by atoms with Gasteiger partial charge in [0.15, 0.2) is 0 Å². The van der Waals surface area contributed by atoms with E-state index in [2.05, 4.69) is 5.32 Å². The molecule has 0 radical (unpaired) electrons. The van der Waals surface area contributed by atoms with Crippen molar-refractivity contribution in [2.45, 2.75) is 12.6 Å². The molecule has 98 valence electrons. The second kappa shape index (κ2) is 3.59. The number of hydrogen-bond donors (Lipinski definition) is 1.